The molecule has 0 amide bonds. The Morgan fingerprint density at radius 3 is 2.92 bits per heavy atom. The van der Waals surface area contributed by atoms with Crippen molar-refractivity contribution in [1.82, 2.24) is 19.7 Å². The van der Waals surface area contributed by atoms with Gasteiger partial charge in [0.15, 0.2) is 0 Å². The molecule has 130 valence electrons. The molecule has 3 aromatic rings. The minimum Gasteiger partial charge on any atom is -0.490 e. The summed E-state index contributed by atoms with van der Waals surface area (Å²) in [6.07, 6.45) is 5.77. The molecule has 1 N–H and O–H groups in total. The molecule has 0 unspecified atom stereocenters. The fourth-order valence-electron chi connectivity index (χ4n) is 3.44. The molecule has 1 aliphatic rings. The second-order valence-corrected chi connectivity index (χ2v) is 6.57. The highest BCUT2D eigenvalue weighted by atomic mass is 16.5. The topological polar surface area (TPSA) is 63.1 Å². The second-order valence-electron chi connectivity index (χ2n) is 6.57. The van der Waals surface area contributed by atoms with Crippen molar-refractivity contribution >= 4 is 10.9 Å². The van der Waals surface area contributed by atoms with Crippen LogP contribution in [0.25, 0.3) is 10.9 Å². The number of hydrogen-bond acceptors (Lipinski definition) is 4. The lowest BCUT2D eigenvalue weighted by atomic mass is 10.1. The third-order valence-electron chi connectivity index (χ3n) is 4.86. The Kier molecular flexibility index (Phi) is 4.28. The Bertz CT molecular complexity index is 922. The maximum absolute atomic E-state index is 12.1. The van der Waals surface area contributed by atoms with Gasteiger partial charge < -0.3 is 9.72 Å². The lowest BCUT2D eigenvalue weighted by Crippen LogP contribution is -2.39. The molecule has 0 aliphatic carbocycles. The van der Waals surface area contributed by atoms with Crippen LogP contribution in [0.4, 0.5) is 0 Å². The lowest BCUT2D eigenvalue weighted by Gasteiger charge is -2.32. The zero-order chi connectivity index (χ0) is 17.2. The van der Waals surface area contributed by atoms with E-state index in [0.717, 1.165) is 48.1 Å². The van der Waals surface area contributed by atoms with Crippen molar-refractivity contribution in [3.8, 4) is 5.75 Å². The zero-order valence-electron chi connectivity index (χ0n) is 14.3. The van der Waals surface area contributed by atoms with Crippen molar-refractivity contribution in [3.05, 3.63) is 58.6 Å². The monoisotopic (exact) mass is 338 g/mol. The van der Waals surface area contributed by atoms with Crippen LogP contribution in [-0.2, 0) is 13.6 Å². The summed E-state index contributed by atoms with van der Waals surface area (Å²) >= 11 is 0. The molecule has 6 nitrogen and oxygen atoms in total. The highest BCUT2D eigenvalue weighted by Gasteiger charge is 2.22. The van der Waals surface area contributed by atoms with E-state index in [2.05, 4.69) is 27.1 Å². The molecule has 2 aromatic heterocycles. The first kappa shape index (κ1) is 15.9. The summed E-state index contributed by atoms with van der Waals surface area (Å²) in [5, 5.41) is 5.10. The first-order valence-corrected chi connectivity index (χ1v) is 8.67. The summed E-state index contributed by atoms with van der Waals surface area (Å²) in [5.41, 5.74) is 1.89. The van der Waals surface area contributed by atoms with E-state index in [1.807, 2.05) is 24.4 Å². The highest BCUT2D eigenvalue weighted by molar-refractivity contribution is 5.85. The minimum absolute atomic E-state index is 0.0139. The lowest BCUT2D eigenvalue weighted by molar-refractivity contribution is 0.0976. The molecule has 0 bridgehead atoms. The smallest absolute Gasteiger partial charge is 0.270 e. The van der Waals surface area contributed by atoms with Crippen LogP contribution in [0.5, 0.6) is 5.75 Å². The predicted octanol–water partition coefficient (Wildman–Crippen LogP) is 2.31. The molecule has 6 heteroatoms. The number of aryl methyl sites for hydroxylation is 1. The van der Waals surface area contributed by atoms with Gasteiger partial charge in [-0.05, 0) is 37.1 Å². The Balaban J connectivity index is 1.38. The highest BCUT2D eigenvalue weighted by Crippen LogP contribution is 2.27. The predicted molar refractivity (Wildman–Crippen MR) is 96.7 cm³/mol. The molecule has 1 saturated heterocycles. The van der Waals surface area contributed by atoms with Gasteiger partial charge in [-0.3, -0.25) is 9.69 Å². The van der Waals surface area contributed by atoms with Crippen molar-refractivity contribution in [1.29, 1.82) is 0 Å². The summed E-state index contributed by atoms with van der Waals surface area (Å²) in [6, 6.07) is 9.97. The minimum atomic E-state index is -0.0139. The fourth-order valence-corrected chi connectivity index (χ4v) is 3.44. The summed E-state index contributed by atoms with van der Waals surface area (Å²) in [5.74, 6) is 0.945. The molecule has 4 rings (SSSR count). The third kappa shape index (κ3) is 3.30. The van der Waals surface area contributed by atoms with Crippen LogP contribution in [0.15, 0.2) is 47.5 Å². The number of H-pyrrole nitrogens is 1. The van der Waals surface area contributed by atoms with Crippen molar-refractivity contribution in [2.45, 2.75) is 25.5 Å². The molecule has 0 atom stereocenters. The maximum atomic E-state index is 12.1. The summed E-state index contributed by atoms with van der Waals surface area (Å²) in [7, 11) is 1.69. The van der Waals surface area contributed by atoms with Gasteiger partial charge >= 0.3 is 0 Å². The van der Waals surface area contributed by atoms with Crippen molar-refractivity contribution in [2.75, 3.05) is 13.1 Å². The quantitative estimate of drug-likeness (QED) is 0.793. The van der Waals surface area contributed by atoms with Crippen LogP contribution in [0.3, 0.4) is 0 Å². The Morgan fingerprint density at radius 1 is 1.24 bits per heavy atom. The number of aromatic amines is 1. The van der Waals surface area contributed by atoms with Gasteiger partial charge in [0.05, 0.1) is 0 Å². The van der Waals surface area contributed by atoms with E-state index in [9.17, 15) is 4.79 Å². The third-order valence-corrected chi connectivity index (χ3v) is 4.86. The summed E-state index contributed by atoms with van der Waals surface area (Å²) < 4.78 is 7.64. The van der Waals surface area contributed by atoms with Gasteiger partial charge in [-0.25, -0.2) is 4.68 Å². The zero-order valence-corrected chi connectivity index (χ0v) is 14.3. The van der Waals surface area contributed by atoms with Gasteiger partial charge in [-0.15, -0.1) is 0 Å². The van der Waals surface area contributed by atoms with E-state index >= 15 is 0 Å². The molecule has 3 heterocycles. The Labute approximate surface area is 146 Å². The summed E-state index contributed by atoms with van der Waals surface area (Å²) in [6.45, 7) is 2.54. The molecule has 1 aromatic carbocycles. The van der Waals surface area contributed by atoms with Crippen LogP contribution in [0.2, 0.25) is 0 Å². The molecular formula is C19H22N4O2. The van der Waals surface area contributed by atoms with E-state index in [-0.39, 0.29) is 11.7 Å². The van der Waals surface area contributed by atoms with Crippen molar-refractivity contribution in [2.24, 2.45) is 7.05 Å². The first-order valence-electron chi connectivity index (χ1n) is 8.67. The number of nitrogens with one attached hydrogen (secondary N) is 1. The molecule has 0 saturated carbocycles. The van der Waals surface area contributed by atoms with Crippen molar-refractivity contribution in [3.63, 3.8) is 0 Å². The number of nitrogens with zero attached hydrogens (tertiary/aromatic N) is 3. The van der Waals surface area contributed by atoms with Gasteiger partial charge in [-0.1, -0.05) is 6.07 Å². The average molecular weight is 338 g/mol. The van der Waals surface area contributed by atoms with Crippen LogP contribution in [0.1, 0.15) is 18.4 Å². The molecule has 0 spiro atoms. The van der Waals surface area contributed by atoms with Crippen molar-refractivity contribution < 1.29 is 4.74 Å². The molecule has 1 aliphatic heterocycles. The first-order chi connectivity index (χ1) is 12.2. The van der Waals surface area contributed by atoms with E-state index in [4.69, 9.17) is 4.74 Å². The number of rotatable bonds is 4. The standard InChI is InChI=1S/C19H22N4O2/c1-22-19(24)14(5-10-21-22)13-23-11-7-15(8-12-23)25-18-4-2-3-17-16(18)6-9-20-17/h2-6,9-10,15,20H,7-8,11-13H2,1H3. The number of hydrogen-bond donors (Lipinski definition) is 1. The Hall–Kier alpha value is -2.60. The van der Waals surface area contributed by atoms with Gasteiger partial charge in [0.25, 0.3) is 5.56 Å². The van der Waals surface area contributed by atoms with Gasteiger partial charge in [0, 0.05) is 55.5 Å². The second kappa shape index (κ2) is 6.72. The van der Waals surface area contributed by atoms with E-state index in [0.29, 0.717) is 6.54 Å². The fraction of sp³-hybridized carbons (Fsp3) is 0.368. The molecule has 25 heavy (non-hydrogen) atoms. The number of aromatic nitrogens is 3. The van der Waals surface area contributed by atoms with Gasteiger partial charge in [-0.2, -0.15) is 5.10 Å². The van der Waals surface area contributed by atoms with Crippen LogP contribution in [-0.4, -0.2) is 38.9 Å². The number of benzene rings is 1. The molecular weight excluding hydrogens is 316 g/mol. The van der Waals surface area contributed by atoms with E-state index in [1.165, 1.54) is 4.68 Å². The number of piperidine rings is 1. The maximum Gasteiger partial charge on any atom is 0.270 e. The number of likely N-dealkylation sites (tertiary alicyclic amines) is 1. The molecule has 1 fully saturated rings. The molecule has 0 radical (unpaired) electrons. The normalized spacial score (nSPS) is 16.4. The Morgan fingerprint density at radius 2 is 2.08 bits per heavy atom. The largest absolute Gasteiger partial charge is 0.490 e. The summed E-state index contributed by atoms with van der Waals surface area (Å²) in [4.78, 5) is 17.6. The van der Waals surface area contributed by atoms with Crippen LogP contribution in [0, 0.1) is 0 Å². The van der Waals surface area contributed by atoms with Gasteiger partial charge in [0.2, 0.25) is 0 Å². The average Bonchev–Trinajstić information content (AvgIpc) is 3.10. The SMILES string of the molecule is Cn1nccc(CN2CCC(Oc3cccc4[nH]ccc34)CC2)c1=O. The van der Waals surface area contributed by atoms with E-state index < -0.39 is 0 Å². The number of ether oxygens (including phenoxy) is 1. The van der Waals surface area contributed by atoms with Crippen LogP contribution < -0.4 is 10.3 Å². The number of fused-ring (bicyclic) bond motifs is 1. The van der Waals surface area contributed by atoms with E-state index in [1.54, 1.807) is 13.2 Å². The van der Waals surface area contributed by atoms with Crippen LogP contribution >= 0.6 is 0 Å². The van der Waals surface area contributed by atoms with Gasteiger partial charge in [0.1, 0.15) is 11.9 Å².